The molecule has 0 aliphatic carbocycles. The lowest BCUT2D eigenvalue weighted by molar-refractivity contribution is -0.123. The Kier molecular flexibility index (Phi) is 4.50. The third kappa shape index (κ3) is 3.46. The topological polar surface area (TPSA) is 29.5 Å². The van der Waals surface area contributed by atoms with Gasteiger partial charge in [-0.3, -0.25) is 0 Å². The van der Waals surface area contributed by atoms with E-state index in [0.717, 1.165) is 45.7 Å². The van der Waals surface area contributed by atoms with E-state index in [9.17, 15) is 4.79 Å². The van der Waals surface area contributed by atoms with Gasteiger partial charge in [0, 0.05) is 48.8 Å². The highest BCUT2D eigenvalue weighted by molar-refractivity contribution is 8.00. The van der Waals surface area contributed by atoms with Gasteiger partial charge in [0.25, 0.3) is 0 Å². The van der Waals surface area contributed by atoms with E-state index >= 15 is 0 Å². The molecule has 2 aliphatic rings. The third-order valence-electron chi connectivity index (χ3n) is 3.77. The second kappa shape index (κ2) is 5.72. The van der Waals surface area contributed by atoms with Gasteiger partial charge < -0.3 is 14.4 Å². The molecule has 0 aromatic heterocycles. The maximum absolute atomic E-state index is 11.4. The van der Waals surface area contributed by atoms with Gasteiger partial charge in [0.2, 0.25) is 0 Å². The molecule has 2 rings (SSSR count). The molecule has 2 fully saturated rings. The smallest absolute Gasteiger partial charge is 0.127 e. The number of hydrogen-bond donors (Lipinski definition) is 0. The molecule has 2 saturated heterocycles. The van der Waals surface area contributed by atoms with Crippen LogP contribution >= 0.6 is 11.8 Å². The first kappa shape index (κ1) is 13.4. The van der Waals surface area contributed by atoms with Crippen LogP contribution in [-0.4, -0.2) is 54.5 Å². The van der Waals surface area contributed by atoms with E-state index < -0.39 is 0 Å². The summed E-state index contributed by atoms with van der Waals surface area (Å²) in [4.78, 5) is 13.9. The highest BCUT2D eigenvalue weighted by atomic mass is 32.2. The van der Waals surface area contributed by atoms with Crippen molar-refractivity contribution in [2.45, 2.75) is 37.2 Å². The van der Waals surface area contributed by atoms with E-state index in [1.807, 2.05) is 0 Å². The normalized spacial score (nSPS) is 34.5. The van der Waals surface area contributed by atoms with Crippen molar-refractivity contribution in [2.75, 3.05) is 32.8 Å². The standard InChI is InChI=1S/C13H23NO2S/c1-11-7-14(8-12(2)17-11)9-13(10-15)3-5-16-6-4-13/h10-12H,3-9H2,1-2H3. The fourth-order valence-electron chi connectivity index (χ4n) is 2.95. The van der Waals surface area contributed by atoms with Crippen LogP contribution in [-0.2, 0) is 9.53 Å². The van der Waals surface area contributed by atoms with Gasteiger partial charge in [-0.2, -0.15) is 11.8 Å². The van der Waals surface area contributed by atoms with E-state index in [-0.39, 0.29) is 5.41 Å². The molecule has 2 unspecified atom stereocenters. The quantitative estimate of drug-likeness (QED) is 0.721. The van der Waals surface area contributed by atoms with Crippen molar-refractivity contribution in [1.82, 2.24) is 4.90 Å². The first-order valence-corrected chi connectivity index (χ1v) is 7.50. The van der Waals surface area contributed by atoms with E-state index in [2.05, 4.69) is 30.5 Å². The first-order chi connectivity index (χ1) is 8.13. The summed E-state index contributed by atoms with van der Waals surface area (Å²) < 4.78 is 5.38. The van der Waals surface area contributed by atoms with E-state index in [0.29, 0.717) is 10.5 Å². The summed E-state index contributed by atoms with van der Waals surface area (Å²) in [5.74, 6) is 0. The molecule has 0 aromatic rings. The summed E-state index contributed by atoms with van der Waals surface area (Å²) >= 11 is 2.06. The predicted octanol–water partition coefficient (Wildman–Crippen LogP) is 1.81. The molecule has 0 saturated carbocycles. The molecule has 2 aliphatic heterocycles. The van der Waals surface area contributed by atoms with Crippen LogP contribution in [0, 0.1) is 5.41 Å². The average molecular weight is 257 g/mol. The minimum Gasteiger partial charge on any atom is -0.381 e. The molecule has 0 amide bonds. The molecule has 17 heavy (non-hydrogen) atoms. The Morgan fingerprint density at radius 2 is 1.88 bits per heavy atom. The van der Waals surface area contributed by atoms with Gasteiger partial charge in [0.15, 0.2) is 0 Å². The molecule has 0 radical (unpaired) electrons. The van der Waals surface area contributed by atoms with Crippen LogP contribution < -0.4 is 0 Å². The molecule has 0 spiro atoms. The second-order valence-electron chi connectivity index (χ2n) is 5.54. The highest BCUT2D eigenvalue weighted by Gasteiger charge is 2.36. The third-order valence-corrected chi connectivity index (χ3v) is 5.00. The summed E-state index contributed by atoms with van der Waals surface area (Å²) in [6.07, 6.45) is 2.97. The minimum absolute atomic E-state index is 0.139. The first-order valence-electron chi connectivity index (χ1n) is 6.55. The van der Waals surface area contributed by atoms with Crippen molar-refractivity contribution in [2.24, 2.45) is 5.41 Å². The van der Waals surface area contributed by atoms with E-state index in [1.165, 1.54) is 6.29 Å². The monoisotopic (exact) mass is 257 g/mol. The Morgan fingerprint density at radius 3 is 2.41 bits per heavy atom. The molecule has 3 nitrogen and oxygen atoms in total. The SMILES string of the molecule is CC1CN(CC2(C=O)CCOCC2)CC(C)S1. The van der Waals surface area contributed by atoms with Crippen LogP contribution in [0.15, 0.2) is 0 Å². The van der Waals surface area contributed by atoms with Crippen molar-refractivity contribution >= 4 is 18.0 Å². The fourth-order valence-corrected chi connectivity index (χ4v) is 4.34. The number of rotatable bonds is 3. The van der Waals surface area contributed by atoms with Gasteiger partial charge in [0.1, 0.15) is 6.29 Å². The van der Waals surface area contributed by atoms with Crippen molar-refractivity contribution in [3.8, 4) is 0 Å². The van der Waals surface area contributed by atoms with Gasteiger partial charge in [-0.1, -0.05) is 13.8 Å². The van der Waals surface area contributed by atoms with Gasteiger partial charge in [-0.05, 0) is 12.8 Å². The summed E-state index contributed by atoms with van der Waals surface area (Å²) in [6.45, 7) is 9.21. The number of nitrogens with zero attached hydrogens (tertiary/aromatic N) is 1. The number of carbonyl (C=O) groups is 1. The van der Waals surface area contributed by atoms with E-state index in [4.69, 9.17) is 4.74 Å². The molecular weight excluding hydrogens is 234 g/mol. The van der Waals surface area contributed by atoms with Crippen LogP contribution in [0.2, 0.25) is 0 Å². The number of thioether (sulfide) groups is 1. The summed E-state index contributed by atoms with van der Waals surface area (Å²) in [5.41, 5.74) is -0.139. The van der Waals surface area contributed by atoms with Crippen LogP contribution in [0.5, 0.6) is 0 Å². The summed E-state index contributed by atoms with van der Waals surface area (Å²) in [7, 11) is 0. The van der Waals surface area contributed by atoms with Gasteiger partial charge in [-0.15, -0.1) is 0 Å². The zero-order valence-corrected chi connectivity index (χ0v) is 11.7. The van der Waals surface area contributed by atoms with Crippen molar-refractivity contribution in [3.63, 3.8) is 0 Å². The van der Waals surface area contributed by atoms with Crippen LogP contribution in [0.4, 0.5) is 0 Å². The Morgan fingerprint density at radius 1 is 1.29 bits per heavy atom. The molecule has 98 valence electrons. The Balaban J connectivity index is 1.95. The van der Waals surface area contributed by atoms with Crippen molar-refractivity contribution < 1.29 is 9.53 Å². The summed E-state index contributed by atoms with van der Waals surface area (Å²) in [5, 5.41) is 1.37. The average Bonchev–Trinajstić information content (AvgIpc) is 2.29. The molecule has 4 heteroatoms. The predicted molar refractivity (Wildman–Crippen MR) is 71.5 cm³/mol. The molecule has 0 aromatic carbocycles. The van der Waals surface area contributed by atoms with Crippen LogP contribution in [0.1, 0.15) is 26.7 Å². The lowest BCUT2D eigenvalue weighted by atomic mass is 9.81. The number of ether oxygens (including phenoxy) is 1. The number of aldehydes is 1. The largest absolute Gasteiger partial charge is 0.381 e. The van der Waals surface area contributed by atoms with Crippen molar-refractivity contribution in [1.29, 1.82) is 0 Å². The zero-order valence-electron chi connectivity index (χ0n) is 10.9. The molecule has 2 atom stereocenters. The highest BCUT2D eigenvalue weighted by Crippen LogP contribution is 2.32. The summed E-state index contributed by atoms with van der Waals surface area (Å²) in [6, 6.07) is 0. The lowest BCUT2D eigenvalue weighted by Gasteiger charge is -2.41. The number of hydrogen-bond acceptors (Lipinski definition) is 4. The maximum Gasteiger partial charge on any atom is 0.127 e. The minimum atomic E-state index is -0.139. The van der Waals surface area contributed by atoms with Gasteiger partial charge in [-0.25, -0.2) is 0 Å². The molecular formula is C13H23NO2S. The molecule has 2 heterocycles. The van der Waals surface area contributed by atoms with Crippen LogP contribution in [0.25, 0.3) is 0 Å². The Labute approximate surface area is 108 Å². The Bertz CT molecular complexity index is 256. The molecule has 0 bridgehead atoms. The zero-order chi connectivity index (χ0) is 12.3. The maximum atomic E-state index is 11.4. The van der Waals surface area contributed by atoms with Crippen molar-refractivity contribution in [3.05, 3.63) is 0 Å². The van der Waals surface area contributed by atoms with Gasteiger partial charge in [0.05, 0.1) is 0 Å². The Hall–Kier alpha value is -0.0600. The second-order valence-corrected chi connectivity index (χ2v) is 7.43. The van der Waals surface area contributed by atoms with Gasteiger partial charge >= 0.3 is 0 Å². The lowest BCUT2D eigenvalue weighted by Crippen LogP contribution is -2.48. The van der Waals surface area contributed by atoms with Crippen LogP contribution in [0.3, 0.4) is 0 Å². The molecule has 0 N–H and O–H groups in total. The van der Waals surface area contributed by atoms with E-state index in [1.54, 1.807) is 0 Å². The fraction of sp³-hybridized carbons (Fsp3) is 0.923. The number of carbonyl (C=O) groups excluding carboxylic acids is 1.